The number of esters is 1. The maximum atomic E-state index is 12.4. The van der Waals surface area contributed by atoms with Crippen molar-refractivity contribution >= 4 is 17.7 Å². The second kappa shape index (κ2) is 8.66. The minimum Gasteiger partial charge on any atom is -0.466 e. The van der Waals surface area contributed by atoms with Gasteiger partial charge < -0.3 is 15.4 Å². The summed E-state index contributed by atoms with van der Waals surface area (Å²) in [7, 11) is 0. The zero-order chi connectivity index (χ0) is 17.5. The molecule has 1 aromatic heterocycles. The van der Waals surface area contributed by atoms with Crippen LogP contribution in [0.5, 0.6) is 0 Å². The molecule has 0 saturated heterocycles. The summed E-state index contributed by atoms with van der Waals surface area (Å²) in [5, 5.41) is 6.17. The van der Waals surface area contributed by atoms with Crippen LogP contribution in [0.25, 0.3) is 0 Å². The number of carbonyl (C=O) groups excluding carboxylic acids is 2. The zero-order valence-corrected chi connectivity index (χ0v) is 14.7. The first kappa shape index (κ1) is 18.2. The first-order valence-corrected chi connectivity index (χ1v) is 8.71. The summed E-state index contributed by atoms with van der Waals surface area (Å²) in [5.74, 6) is 0.0815. The van der Waals surface area contributed by atoms with E-state index in [1.165, 1.54) is 0 Å². The molecule has 1 fully saturated rings. The Bertz CT molecular complexity index is 557. The lowest BCUT2D eigenvalue weighted by molar-refractivity contribution is -0.150. The molecule has 1 saturated carbocycles. The topological polar surface area (TPSA) is 80.3 Å². The van der Waals surface area contributed by atoms with Crippen molar-refractivity contribution in [3.63, 3.8) is 0 Å². The van der Waals surface area contributed by atoms with E-state index in [-0.39, 0.29) is 29.9 Å². The fourth-order valence-corrected chi connectivity index (χ4v) is 3.00. The Morgan fingerprint density at radius 3 is 2.67 bits per heavy atom. The van der Waals surface area contributed by atoms with Crippen LogP contribution in [0.2, 0.25) is 0 Å². The van der Waals surface area contributed by atoms with Gasteiger partial charge >= 0.3 is 5.97 Å². The van der Waals surface area contributed by atoms with E-state index in [1.807, 2.05) is 13.8 Å². The van der Waals surface area contributed by atoms with Gasteiger partial charge in [0.2, 0.25) is 0 Å². The van der Waals surface area contributed by atoms with E-state index in [1.54, 1.807) is 25.3 Å². The zero-order valence-electron chi connectivity index (χ0n) is 14.7. The highest BCUT2D eigenvalue weighted by molar-refractivity contribution is 5.94. The predicted molar refractivity (Wildman–Crippen MR) is 92.8 cm³/mol. The van der Waals surface area contributed by atoms with Crippen molar-refractivity contribution in [2.45, 2.75) is 58.5 Å². The summed E-state index contributed by atoms with van der Waals surface area (Å²) in [6.45, 7) is 6.22. The molecule has 1 amide bonds. The number of hydrogen-bond acceptors (Lipinski definition) is 5. The number of anilines is 1. The predicted octanol–water partition coefficient (Wildman–Crippen LogP) is 2.75. The molecule has 1 aliphatic rings. The fourth-order valence-electron chi connectivity index (χ4n) is 3.00. The van der Waals surface area contributed by atoms with Gasteiger partial charge in [-0.3, -0.25) is 9.59 Å². The molecule has 1 aromatic rings. The number of carbonyl (C=O) groups is 2. The number of rotatable bonds is 6. The molecule has 0 radical (unpaired) electrons. The van der Waals surface area contributed by atoms with Crippen molar-refractivity contribution in [3.05, 3.63) is 23.9 Å². The molecule has 0 aromatic carbocycles. The smallest absolute Gasteiger partial charge is 0.311 e. The Morgan fingerprint density at radius 1 is 1.29 bits per heavy atom. The molecule has 6 nitrogen and oxygen atoms in total. The third kappa shape index (κ3) is 4.94. The minimum atomic E-state index is -0.252. The third-order valence-corrected chi connectivity index (χ3v) is 4.13. The molecule has 2 N–H and O–H groups in total. The number of amides is 1. The van der Waals surface area contributed by atoms with Gasteiger partial charge in [0.1, 0.15) is 5.82 Å². The van der Waals surface area contributed by atoms with Gasteiger partial charge in [-0.05, 0) is 45.7 Å². The molecule has 0 unspecified atom stereocenters. The quantitative estimate of drug-likeness (QED) is 0.783. The Labute approximate surface area is 143 Å². The Morgan fingerprint density at radius 2 is 2.04 bits per heavy atom. The molecular weight excluding hydrogens is 306 g/mol. The Kier molecular flexibility index (Phi) is 6.58. The van der Waals surface area contributed by atoms with Gasteiger partial charge in [-0.1, -0.05) is 12.8 Å². The van der Waals surface area contributed by atoms with Crippen LogP contribution >= 0.6 is 0 Å². The van der Waals surface area contributed by atoms with Gasteiger partial charge in [0, 0.05) is 18.3 Å². The first-order valence-electron chi connectivity index (χ1n) is 8.71. The molecule has 1 aliphatic carbocycles. The number of pyridine rings is 1. The van der Waals surface area contributed by atoms with E-state index in [0.29, 0.717) is 12.2 Å². The van der Waals surface area contributed by atoms with E-state index < -0.39 is 0 Å². The lowest BCUT2D eigenvalue weighted by Crippen LogP contribution is -2.45. The van der Waals surface area contributed by atoms with Crippen molar-refractivity contribution in [2.75, 3.05) is 11.9 Å². The van der Waals surface area contributed by atoms with Crippen LogP contribution in [0.1, 0.15) is 56.8 Å². The highest BCUT2D eigenvalue weighted by Gasteiger charge is 2.33. The van der Waals surface area contributed by atoms with E-state index in [0.717, 1.165) is 31.5 Å². The molecular formula is C18H27N3O3. The number of nitrogens with zero attached hydrogens (tertiary/aromatic N) is 1. The van der Waals surface area contributed by atoms with Crippen LogP contribution in [0.15, 0.2) is 18.3 Å². The van der Waals surface area contributed by atoms with E-state index in [4.69, 9.17) is 4.74 Å². The molecule has 0 bridgehead atoms. The monoisotopic (exact) mass is 333 g/mol. The Balaban J connectivity index is 2.00. The van der Waals surface area contributed by atoms with Crippen molar-refractivity contribution in [1.82, 2.24) is 10.3 Å². The molecule has 1 heterocycles. The Hall–Kier alpha value is -2.11. The molecule has 0 spiro atoms. The lowest BCUT2D eigenvalue weighted by atomic mass is 9.84. The van der Waals surface area contributed by atoms with Crippen LogP contribution < -0.4 is 10.6 Å². The summed E-state index contributed by atoms with van der Waals surface area (Å²) in [5.41, 5.74) is 0.498. The summed E-state index contributed by atoms with van der Waals surface area (Å²) < 4.78 is 5.14. The van der Waals surface area contributed by atoms with Crippen molar-refractivity contribution in [3.8, 4) is 0 Å². The van der Waals surface area contributed by atoms with E-state index >= 15 is 0 Å². The number of ether oxygens (including phenoxy) is 1. The van der Waals surface area contributed by atoms with Crippen molar-refractivity contribution < 1.29 is 14.3 Å². The van der Waals surface area contributed by atoms with Crippen LogP contribution in [-0.4, -0.2) is 35.6 Å². The van der Waals surface area contributed by atoms with Gasteiger partial charge in [0.15, 0.2) is 0 Å². The summed E-state index contributed by atoms with van der Waals surface area (Å²) in [6, 6.07) is 3.65. The average molecular weight is 333 g/mol. The maximum absolute atomic E-state index is 12.4. The molecule has 0 aliphatic heterocycles. The highest BCUT2D eigenvalue weighted by Crippen LogP contribution is 2.26. The molecule has 2 rings (SSSR count). The average Bonchev–Trinajstić information content (AvgIpc) is 2.55. The van der Waals surface area contributed by atoms with E-state index in [2.05, 4.69) is 15.6 Å². The fraction of sp³-hybridized carbons (Fsp3) is 0.611. The maximum Gasteiger partial charge on any atom is 0.311 e. The largest absolute Gasteiger partial charge is 0.466 e. The first-order chi connectivity index (χ1) is 11.5. The summed E-state index contributed by atoms with van der Waals surface area (Å²) in [6.07, 6.45) is 5.13. The van der Waals surface area contributed by atoms with Gasteiger partial charge in [0.25, 0.3) is 5.91 Å². The van der Waals surface area contributed by atoms with Gasteiger partial charge in [-0.15, -0.1) is 0 Å². The standard InChI is InChI=1S/C18H27N3O3/c1-4-24-18(23)14-7-5-6-8-15(14)21-17(22)13-9-10-16(19-11-13)20-12(2)3/h9-12,14-15H,4-8H2,1-3H3,(H,19,20)(H,21,22)/t14-,15+/m1/s1. The van der Waals surface area contributed by atoms with Crippen molar-refractivity contribution in [1.29, 1.82) is 0 Å². The van der Waals surface area contributed by atoms with Crippen molar-refractivity contribution in [2.24, 2.45) is 5.92 Å². The molecule has 6 heteroatoms. The van der Waals surface area contributed by atoms with Crippen LogP contribution in [0.4, 0.5) is 5.82 Å². The number of aromatic nitrogens is 1. The normalized spacial score (nSPS) is 20.5. The summed E-state index contributed by atoms with van der Waals surface area (Å²) in [4.78, 5) is 28.8. The third-order valence-electron chi connectivity index (χ3n) is 4.13. The van der Waals surface area contributed by atoms with Gasteiger partial charge in [0.05, 0.1) is 18.1 Å². The SMILES string of the molecule is CCOC(=O)[C@@H]1CCCC[C@@H]1NC(=O)c1ccc(NC(C)C)nc1. The summed E-state index contributed by atoms with van der Waals surface area (Å²) >= 11 is 0. The van der Waals surface area contributed by atoms with Gasteiger partial charge in [-0.25, -0.2) is 4.98 Å². The second-order valence-corrected chi connectivity index (χ2v) is 6.45. The molecule has 2 atom stereocenters. The highest BCUT2D eigenvalue weighted by atomic mass is 16.5. The van der Waals surface area contributed by atoms with E-state index in [9.17, 15) is 9.59 Å². The number of nitrogens with one attached hydrogen (secondary N) is 2. The lowest BCUT2D eigenvalue weighted by Gasteiger charge is -2.30. The van der Waals surface area contributed by atoms with Crippen LogP contribution in [0, 0.1) is 5.92 Å². The van der Waals surface area contributed by atoms with Gasteiger partial charge in [-0.2, -0.15) is 0 Å². The van der Waals surface area contributed by atoms with Crippen LogP contribution in [0.3, 0.4) is 0 Å². The second-order valence-electron chi connectivity index (χ2n) is 6.45. The molecule has 24 heavy (non-hydrogen) atoms. The number of hydrogen-bond donors (Lipinski definition) is 2. The van der Waals surface area contributed by atoms with Crippen LogP contribution in [-0.2, 0) is 9.53 Å². The minimum absolute atomic E-state index is 0.168. The molecule has 132 valence electrons.